The number of aryl methyl sites for hydroxylation is 2. The molecule has 0 unspecified atom stereocenters. The molecule has 0 heteroatoms. The summed E-state index contributed by atoms with van der Waals surface area (Å²) in [6.45, 7) is 4.50. The summed E-state index contributed by atoms with van der Waals surface area (Å²) in [5.74, 6) is 0. The van der Waals surface area contributed by atoms with Crippen LogP contribution in [0.2, 0.25) is 0 Å². The molecule has 110 valence electrons. The van der Waals surface area contributed by atoms with E-state index >= 15 is 0 Å². The van der Waals surface area contributed by atoms with Gasteiger partial charge in [0.05, 0.1) is 0 Å². The Hall–Kier alpha value is -2.08. The maximum absolute atomic E-state index is 2.38. The van der Waals surface area contributed by atoms with E-state index in [-0.39, 0.29) is 0 Å². The van der Waals surface area contributed by atoms with E-state index in [9.17, 15) is 0 Å². The minimum atomic E-state index is 1.16. The molecule has 0 aliphatic rings. The quantitative estimate of drug-likeness (QED) is 0.376. The molecule has 0 atom stereocenters. The summed E-state index contributed by atoms with van der Waals surface area (Å²) in [4.78, 5) is 0. The van der Waals surface area contributed by atoms with E-state index in [2.05, 4.69) is 62.4 Å². The summed E-state index contributed by atoms with van der Waals surface area (Å²) in [5, 5.41) is 8.45. The average molecular weight is 286 g/mol. The minimum Gasteiger partial charge on any atom is -0.0651 e. The van der Waals surface area contributed by atoms with Crippen LogP contribution in [0.15, 0.2) is 48.5 Å². The Balaban J connectivity index is 2.07. The SMILES string of the molecule is CCCc1cc2ccc3cc(CCC)cc4ccc(c1)c2c34. The predicted octanol–water partition coefficient (Wildman–Crippen LogP) is 6.49. The molecule has 0 heterocycles. The van der Waals surface area contributed by atoms with Gasteiger partial charge in [0.1, 0.15) is 0 Å². The van der Waals surface area contributed by atoms with E-state index in [1.54, 1.807) is 0 Å². The molecule has 0 fully saturated rings. The van der Waals surface area contributed by atoms with Crippen molar-refractivity contribution >= 4 is 32.3 Å². The maximum Gasteiger partial charge on any atom is -0.00266 e. The third-order valence-corrected chi connectivity index (χ3v) is 4.73. The zero-order chi connectivity index (χ0) is 15.1. The van der Waals surface area contributed by atoms with Crippen LogP contribution in [0.4, 0.5) is 0 Å². The fraction of sp³-hybridized carbons (Fsp3) is 0.273. The molecule has 0 N–H and O–H groups in total. The first kappa shape index (κ1) is 13.6. The van der Waals surface area contributed by atoms with Gasteiger partial charge in [-0.25, -0.2) is 0 Å². The standard InChI is InChI=1S/C22H22/c1-3-5-15-11-17-7-9-19-13-16(6-4-2)14-20-10-8-18(12-15)21(17)22(19)20/h7-14H,3-6H2,1-2H3. The van der Waals surface area contributed by atoms with Gasteiger partial charge < -0.3 is 0 Å². The zero-order valence-corrected chi connectivity index (χ0v) is 13.4. The monoisotopic (exact) mass is 286 g/mol. The van der Waals surface area contributed by atoms with Crippen LogP contribution in [0.5, 0.6) is 0 Å². The van der Waals surface area contributed by atoms with Crippen molar-refractivity contribution in [3.63, 3.8) is 0 Å². The molecule has 4 rings (SSSR count). The van der Waals surface area contributed by atoms with E-state index in [1.807, 2.05) is 0 Å². The second-order valence-corrected chi connectivity index (χ2v) is 6.47. The molecule has 22 heavy (non-hydrogen) atoms. The lowest BCUT2D eigenvalue weighted by Crippen LogP contribution is -1.90. The van der Waals surface area contributed by atoms with Crippen LogP contribution in [-0.4, -0.2) is 0 Å². The lowest BCUT2D eigenvalue weighted by Gasteiger charge is -2.14. The molecular formula is C22H22. The normalized spacial score (nSPS) is 11.9. The molecule has 0 spiro atoms. The lowest BCUT2D eigenvalue weighted by atomic mass is 9.90. The van der Waals surface area contributed by atoms with Crippen molar-refractivity contribution in [1.82, 2.24) is 0 Å². The van der Waals surface area contributed by atoms with Crippen molar-refractivity contribution in [2.24, 2.45) is 0 Å². The van der Waals surface area contributed by atoms with Crippen LogP contribution in [-0.2, 0) is 12.8 Å². The molecule has 0 bridgehead atoms. The van der Waals surface area contributed by atoms with Crippen molar-refractivity contribution in [3.8, 4) is 0 Å². The molecule has 0 aliphatic heterocycles. The summed E-state index contributed by atoms with van der Waals surface area (Å²) in [6, 6.07) is 18.7. The van der Waals surface area contributed by atoms with E-state index < -0.39 is 0 Å². The Morgan fingerprint density at radius 3 is 1.14 bits per heavy atom. The highest BCUT2D eigenvalue weighted by atomic mass is 14.1. The summed E-state index contributed by atoms with van der Waals surface area (Å²) in [5.41, 5.74) is 2.92. The van der Waals surface area contributed by atoms with Gasteiger partial charge in [-0.3, -0.25) is 0 Å². The topological polar surface area (TPSA) is 0 Å². The third kappa shape index (κ3) is 2.06. The van der Waals surface area contributed by atoms with Gasteiger partial charge in [0.25, 0.3) is 0 Å². The van der Waals surface area contributed by atoms with Gasteiger partial charge in [0.2, 0.25) is 0 Å². The van der Waals surface area contributed by atoms with E-state index in [0.717, 1.165) is 12.8 Å². The van der Waals surface area contributed by atoms with Gasteiger partial charge in [-0.15, -0.1) is 0 Å². The highest BCUT2D eigenvalue weighted by molar-refractivity contribution is 6.23. The zero-order valence-electron chi connectivity index (χ0n) is 13.4. The smallest absolute Gasteiger partial charge is 0.00266 e. The van der Waals surface area contributed by atoms with Gasteiger partial charge in [0, 0.05) is 0 Å². The van der Waals surface area contributed by atoms with Crippen molar-refractivity contribution in [1.29, 1.82) is 0 Å². The Labute approximate surface area is 132 Å². The number of hydrogen-bond acceptors (Lipinski definition) is 0. The molecule has 0 radical (unpaired) electrons. The minimum absolute atomic E-state index is 1.16. The van der Waals surface area contributed by atoms with Crippen LogP contribution in [0, 0.1) is 0 Å². The highest BCUT2D eigenvalue weighted by Crippen LogP contribution is 2.36. The molecule has 0 saturated carbocycles. The van der Waals surface area contributed by atoms with Gasteiger partial charge in [-0.05, 0) is 56.3 Å². The number of hydrogen-bond donors (Lipinski definition) is 0. The predicted molar refractivity (Wildman–Crippen MR) is 98.1 cm³/mol. The number of benzene rings is 4. The molecule has 0 aliphatic carbocycles. The van der Waals surface area contributed by atoms with Gasteiger partial charge in [-0.2, -0.15) is 0 Å². The van der Waals surface area contributed by atoms with Crippen molar-refractivity contribution < 1.29 is 0 Å². The summed E-state index contributed by atoms with van der Waals surface area (Å²) >= 11 is 0. The molecule has 0 nitrogen and oxygen atoms in total. The highest BCUT2D eigenvalue weighted by Gasteiger charge is 2.10. The first-order chi connectivity index (χ1) is 10.8. The largest absolute Gasteiger partial charge is 0.0651 e. The fourth-order valence-electron chi connectivity index (χ4n) is 3.83. The maximum atomic E-state index is 2.38. The average Bonchev–Trinajstić information content (AvgIpc) is 2.53. The Morgan fingerprint density at radius 1 is 0.545 bits per heavy atom. The molecule has 4 aromatic rings. The third-order valence-electron chi connectivity index (χ3n) is 4.73. The number of rotatable bonds is 4. The van der Waals surface area contributed by atoms with Crippen LogP contribution in [0.3, 0.4) is 0 Å². The first-order valence-corrected chi connectivity index (χ1v) is 8.50. The lowest BCUT2D eigenvalue weighted by molar-refractivity contribution is 0.924. The molecule has 0 aromatic heterocycles. The van der Waals surface area contributed by atoms with Crippen LogP contribution < -0.4 is 0 Å². The van der Waals surface area contributed by atoms with E-state index in [1.165, 1.54) is 56.3 Å². The Morgan fingerprint density at radius 2 is 0.864 bits per heavy atom. The van der Waals surface area contributed by atoms with E-state index in [4.69, 9.17) is 0 Å². The summed E-state index contributed by atoms with van der Waals surface area (Å²) in [6.07, 6.45) is 4.73. The van der Waals surface area contributed by atoms with Crippen LogP contribution >= 0.6 is 0 Å². The Kier molecular flexibility index (Phi) is 3.26. The van der Waals surface area contributed by atoms with Gasteiger partial charge in [-0.1, -0.05) is 75.2 Å². The van der Waals surface area contributed by atoms with Crippen molar-refractivity contribution in [2.75, 3.05) is 0 Å². The van der Waals surface area contributed by atoms with Crippen molar-refractivity contribution in [2.45, 2.75) is 39.5 Å². The molecule has 4 aromatic carbocycles. The van der Waals surface area contributed by atoms with Crippen molar-refractivity contribution in [3.05, 3.63) is 59.7 Å². The van der Waals surface area contributed by atoms with E-state index in [0.29, 0.717) is 0 Å². The summed E-state index contributed by atoms with van der Waals surface area (Å²) in [7, 11) is 0. The van der Waals surface area contributed by atoms with Gasteiger partial charge in [0.15, 0.2) is 0 Å². The molecule has 0 saturated heterocycles. The van der Waals surface area contributed by atoms with Gasteiger partial charge >= 0.3 is 0 Å². The second kappa shape index (κ2) is 5.28. The fourth-order valence-corrected chi connectivity index (χ4v) is 3.83. The molecular weight excluding hydrogens is 264 g/mol. The second-order valence-electron chi connectivity index (χ2n) is 6.47. The summed E-state index contributed by atoms with van der Waals surface area (Å²) < 4.78 is 0. The molecule has 0 amide bonds. The first-order valence-electron chi connectivity index (χ1n) is 8.50. The Bertz CT molecular complexity index is 801. The van der Waals surface area contributed by atoms with Crippen LogP contribution in [0.1, 0.15) is 37.8 Å². The van der Waals surface area contributed by atoms with Crippen LogP contribution in [0.25, 0.3) is 32.3 Å².